The van der Waals surface area contributed by atoms with Crippen LogP contribution in [0.1, 0.15) is 44.0 Å². The van der Waals surface area contributed by atoms with Crippen molar-refractivity contribution >= 4 is 15.9 Å². The van der Waals surface area contributed by atoms with Crippen LogP contribution in [0.2, 0.25) is 0 Å². The second kappa shape index (κ2) is 6.20. The average Bonchev–Trinajstić information content (AvgIpc) is 2.92. The highest BCUT2D eigenvalue weighted by Gasteiger charge is 2.19. The molecule has 1 aliphatic rings. The SMILES string of the molecule is CCc1nn(C)c(CN(C)CC2CCCC2)c1Br. The van der Waals surface area contributed by atoms with E-state index < -0.39 is 0 Å². The molecule has 0 spiro atoms. The fourth-order valence-corrected chi connectivity index (χ4v) is 3.69. The second-order valence-electron chi connectivity index (χ2n) is 5.53. The van der Waals surface area contributed by atoms with E-state index in [0.29, 0.717) is 0 Å². The molecule has 0 saturated heterocycles. The van der Waals surface area contributed by atoms with E-state index in [2.05, 4.69) is 39.9 Å². The zero-order chi connectivity index (χ0) is 13.1. The van der Waals surface area contributed by atoms with E-state index in [0.717, 1.165) is 18.9 Å². The van der Waals surface area contributed by atoms with Gasteiger partial charge in [0.15, 0.2) is 0 Å². The Kier molecular flexibility index (Phi) is 4.84. The maximum atomic E-state index is 4.56. The van der Waals surface area contributed by atoms with E-state index in [1.807, 2.05) is 11.7 Å². The molecule has 1 aromatic heterocycles. The first-order valence-corrected chi connectivity index (χ1v) is 7.80. The molecule has 102 valence electrons. The summed E-state index contributed by atoms with van der Waals surface area (Å²) in [7, 11) is 4.27. The highest BCUT2D eigenvalue weighted by Crippen LogP contribution is 2.27. The molecule has 0 bridgehead atoms. The third kappa shape index (κ3) is 3.15. The predicted octanol–water partition coefficient (Wildman–Crippen LogP) is 3.37. The molecule has 0 unspecified atom stereocenters. The first-order chi connectivity index (χ1) is 8.61. The molecule has 1 aromatic rings. The third-order valence-corrected chi connectivity index (χ3v) is 4.88. The molecular weight excluding hydrogens is 290 g/mol. The molecule has 0 N–H and O–H groups in total. The fourth-order valence-electron chi connectivity index (χ4n) is 2.95. The van der Waals surface area contributed by atoms with Crippen LogP contribution in [0.25, 0.3) is 0 Å². The van der Waals surface area contributed by atoms with Gasteiger partial charge in [-0.15, -0.1) is 0 Å². The van der Waals surface area contributed by atoms with Gasteiger partial charge in [0, 0.05) is 20.1 Å². The quantitative estimate of drug-likeness (QED) is 0.831. The maximum absolute atomic E-state index is 4.56. The van der Waals surface area contributed by atoms with Crippen LogP contribution in [0.5, 0.6) is 0 Å². The lowest BCUT2D eigenvalue weighted by molar-refractivity contribution is 0.264. The van der Waals surface area contributed by atoms with Gasteiger partial charge in [0.05, 0.1) is 15.9 Å². The Morgan fingerprint density at radius 1 is 1.39 bits per heavy atom. The summed E-state index contributed by atoms with van der Waals surface area (Å²) in [5.41, 5.74) is 2.47. The summed E-state index contributed by atoms with van der Waals surface area (Å²) in [5.74, 6) is 0.910. The van der Waals surface area contributed by atoms with Crippen LogP contribution in [0.15, 0.2) is 4.47 Å². The van der Waals surface area contributed by atoms with Crippen molar-refractivity contribution in [3.8, 4) is 0 Å². The molecule has 2 rings (SSSR count). The van der Waals surface area contributed by atoms with Gasteiger partial charge in [-0.05, 0) is 48.2 Å². The summed E-state index contributed by atoms with van der Waals surface area (Å²) >= 11 is 3.69. The maximum Gasteiger partial charge on any atom is 0.0767 e. The van der Waals surface area contributed by atoms with E-state index >= 15 is 0 Å². The van der Waals surface area contributed by atoms with E-state index in [4.69, 9.17) is 0 Å². The minimum absolute atomic E-state index is 0.910. The smallest absolute Gasteiger partial charge is 0.0767 e. The Bertz CT molecular complexity index is 394. The summed E-state index contributed by atoms with van der Waals surface area (Å²) in [6.45, 7) is 4.36. The number of halogens is 1. The van der Waals surface area contributed by atoms with Crippen LogP contribution in [0.4, 0.5) is 0 Å². The number of nitrogens with zero attached hydrogens (tertiary/aromatic N) is 3. The van der Waals surface area contributed by atoms with Crippen molar-refractivity contribution in [2.24, 2.45) is 13.0 Å². The van der Waals surface area contributed by atoms with Crippen molar-refractivity contribution < 1.29 is 0 Å². The molecule has 1 aliphatic carbocycles. The Labute approximate surface area is 119 Å². The Morgan fingerprint density at radius 3 is 2.61 bits per heavy atom. The number of hydrogen-bond acceptors (Lipinski definition) is 2. The number of rotatable bonds is 5. The van der Waals surface area contributed by atoms with Gasteiger partial charge >= 0.3 is 0 Å². The summed E-state index contributed by atoms with van der Waals surface area (Å²) in [6.07, 6.45) is 6.66. The van der Waals surface area contributed by atoms with Gasteiger partial charge in [0.1, 0.15) is 0 Å². The Morgan fingerprint density at radius 2 is 2.06 bits per heavy atom. The lowest BCUT2D eigenvalue weighted by atomic mass is 10.1. The lowest BCUT2D eigenvalue weighted by Crippen LogP contribution is -2.25. The number of aromatic nitrogens is 2. The van der Waals surface area contributed by atoms with Crippen LogP contribution in [0.3, 0.4) is 0 Å². The van der Waals surface area contributed by atoms with E-state index in [-0.39, 0.29) is 0 Å². The number of aryl methyl sites for hydroxylation is 2. The molecule has 1 fully saturated rings. The van der Waals surface area contributed by atoms with Gasteiger partial charge in [-0.3, -0.25) is 4.68 Å². The summed E-state index contributed by atoms with van der Waals surface area (Å²) in [5, 5.41) is 4.56. The zero-order valence-electron chi connectivity index (χ0n) is 11.7. The fraction of sp³-hybridized carbons (Fsp3) is 0.786. The van der Waals surface area contributed by atoms with Gasteiger partial charge < -0.3 is 4.90 Å². The summed E-state index contributed by atoms with van der Waals surface area (Å²) in [6, 6.07) is 0. The van der Waals surface area contributed by atoms with Gasteiger partial charge in [0.25, 0.3) is 0 Å². The van der Waals surface area contributed by atoms with Gasteiger partial charge in [-0.25, -0.2) is 0 Å². The van der Waals surface area contributed by atoms with E-state index in [1.54, 1.807) is 0 Å². The van der Waals surface area contributed by atoms with Crippen molar-refractivity contribution in [2.75, 3.05) is 13.6 Å². The van der Waals surface area contributed by atoms with Crippen molar-refractivity contribution in [3.63, 3.8) is 0 Å². The largest absolute Gasteiger partial charge is 0.300 e. The van der Waals surface area contributed by atoms with Crippen molar-refractivity contribution in [3.05, 3.63) is 15.9 Å². The van der Waals surface area contributed by atoms with Crippen molar-refractivity contribution in [1.82, 2.24) is 14.7 Å². The molecular formula is C14H24BrN3. The summed E-state index contributed by atoms with van der Waals surface area (Å²) < 4.78 is 3.22. The van der Waals surface area contributed by atoms with Crippen molar-refractivity contribution in [2.45, 2.75) is 45.6 Å². The van der Waals surface area contributed by atoms with Crippen LogP contribution in [-0.4, -0.2) is 28.3 Å². The Balaban J connectivity index is 1.97. The lowest BCUT2D eigenvalue weighted by Gasteiger charge is -2.20. The van der Waals surface area contributed by atoms with Crippen LogP contribution in [-0.2, 0) is 20.0 Å². The molecule has 1 saturated carbocycles. The van der Waals surface area contributed by atoms with Crippen molar-refractivity contribution in [1.29, 1.82) is 0 Å². The molecule has 0 aromatic carbocycles. The van der Waals surface area contributed by atoms with Gasteiger partial charge in [-0.1, -0.05) is 19.8 Å². The number of hydrogen-bond donors (Lipinski definition) is 0. The third-order valence-electron chi connectivity index (χ3n) is 3.97. The molecule has 0 atom stereocenters. The molecule has 1 heterocycles. The van der Waals surface area contributed by atoms with Crippen LogP contribution >= 0.6 is 15.9 Å². The molecule has 0 aliphatic heterocycles. The Hall–Kier alpha value is -0.350. The molecule has 0 amide bonds. The predicted molar refractivity (Wildman–Crippen MR) is 78.6 cm³/mol. The van der Waals surface area contributed by atoms with Crippen LogP contribution < -0.4 is 0 Å². The van der Waals surface area contributed by atoms with Gasteiger partial charge in [0.2, 0.25) is 0 Å². The first kappa shape index (κ1) is 14.1. The minimum atomic E-state index is 0.910. The highest BCUT2D eigenvalue weighted by molar-refractivity contribution is 9.10. The average molecular weight is 314 g/mol. The summed E-state index contributed by atoms with van der Waals surface area (Å²) in [4.78, 5) is 2.44. The first-order valence-electron chi connectivity index (χ1n) is 7.00. The monoisotopic (exact) mass is 313 g/mol. The standard InChI is InChI=1S/C14H24BrN3/c1-4-12-14(15)13(18(3)16-12)10-17(2)9-11-7-5-6-8-11/h11H,4-10H2,1-3H3. The zero-order valence-corrected chi connectivity index (χ0v) is 13.3. The topological polar surface area (TPSA) is 21.1 Å². The van der Waals surface area contributed by atoms with Gasteiger partial charge in [-0.2, -0.15) is 5.10 Å². The molecule has 18 heavy (non-hydrogen) atoms. The molecule has 3 nitrogen and oxygen atoms in total. The molecule has 0 radical (unpaired) electrons. The van der Waals surface area contributed by atoms with E-state index in [9.17, 15) is 0 Å². The minimum Gasteiger partial charge on any atom is -0.300 e. The highest BCUT2D eigenvalue weighted by atomic mass is 79.9. The van der Waals surface area contributed by atoms with E-state index in [1.165, 1.54) is 48.1 Å². The van der Waals surface area contributed by atoms with Crippen LogP contribution in [0, 0.1) is 5.92 Å². The normalized spacial score (nSPS) is 16.9. The molecule has 4 heteroatoms. The second-order valence-corrected chi connectivity index (χ2v) is 6.32.